The third-order valence-corrected chi connectivity index (χ3v) is 7.06. The van der Waals surface area contributed by atoms with E-state index in [0.29, 0.717) is 19.5 Å². The first-order valence-corrected chi connectivity index (χ1v) is 12.4. The highest BCUT2D eigenvalue weighted by atomic mass is 32.2. The van der Waals surface area contributed by atoms with Crippen LogP contribution in [0, 0.1) is 6.92 Å². The Hall–Kier alpha value is -2.42. The minimum Gasteiger partial charge on any atom is -0.438 e. The number of carbonyl (C=O) groups excluding carboxylic acids is 1. The molecule has 0 fully saturated rings. The van der Waals surface area contributed by atoms with E-state index in [-0.39, 0.29) is 16.8 Å². The molecule has 0 aliphatic rings. The van der Waals surface area contributed by atoms with Crippen molar-refractivity contribution < 1.29 is 17.6 Å². The predicted octanol–water partition coefficient (Wildman–Crippen LogP) is 4.61. The number of hydrogen-bond donors (Lipinski definition) is 1. The summed E-state index contributed by atoms with van der Waals surface area (Å²) in [5, 5.41) is -0.263. The summed E-state index contributed by atoms with van der Waals surface area (Å²) in [6.45, 7) is 8.18. The molecule has 166 valence electrons. The zero-order chi connectivity index (χ0) is 22.6. The summed E-state index contributed by atoms with van der Waals surface area (Å²) in [6, 6.07) is 16.7. The van der Waals surface area contributed by atoms with Gasteiger partial charge in [0.25, 0.3) is 15.9 Å². The van der Waals surface area contributed by atoms with Crippen LogP contribution in [-0.2, 0) is 23.0 Å². The molecular weight excluding hydrogens is 432 g/mol. The SMILES string of the molecule is Cc1ccc(CN(CCc2ccccc2)C(=O)c2ccc(S(=O)(=O)NC(C)(C)C)o2)s1. The van der Waals surface area contributed by atoms with Gasteiger partial charge in [-0.05, 0) is 63.9 Å². The molecule has 0 spiro atoms. The van der Waals surface area contributed by atoms with Crippen LogP contribution in [0.2, 0.25) is 0 Å². The molecule has 3 aromatic rings. The standard InChI is InChI=1S/C23H28N2O4S2/c1-17-10-11-19(30-17)16-25(15-14-18-8-6-5-7-9-18)22(26)20-12-13-21(29-20)31(27,28)24-23(2,3)4/h5-13,24H,14-16H2,1-4H3. The Morgan fingerprint density at radius 3 is 2.39 bits per heavy atom. The monoisotopic (exact) mass is 460 g/mol. The third kappa shape index (κ3) is 6.53. The van der Waals surface area contributed by atoms with E-state index in [1.807, 2.05) is 49.4 Å². The van der Waals surface area contributed by atoms with Crippen molar-refractivity contribution in [3.63, 3.8) is 0 Å². The van der Waals surface area contributed by atoms with Crippen molar-refractivity contribution in [2.75, 3.05) is 6.54 Å². The molecule has 3 rings (SSSR count). The van der Waals surface area contributed by atoms with Crippen molar-refractivity contribution in [2.45, 2.75) is 51.3 Å². The van der Waals surface area contributed by atoms with Crippen LogP contribution in [0.1, 0.15) is 46.6 Å². The van der Waals surface area contributed by atoms with Crippen LogP contribution in [0.4, 0.5) is 0 Å². The average molecular weight is 461 g/mol. The van der Waals surface area contributed by atoms with E-state index in [4.69, 9.17) is 4.42 Å². The first-order chi connectivity index (χ1) is 14.5. The predicted molar refractivity (Wildman–Crippen MR) is 123 cm³/mol. The molecule has 0 aliphatic heterocycles. The molecule has 1 N–H and O–H groups in total. The molecule has 0 saturated heterocycles. The van der Waals surface area contributed by atoms with Gasteiger partial charge in [-0.1, -0.05) is 30.3 Å². The van der Waals surface area contributed by atoms with E-state index in [9.17, 15) is 13.2 Å². The van der Waals surface area contributed by atoms with Crippen LogP contribution < -0.4 is 4.72 Å². The van der Waals surface area contributed by atoms with E-state index >= 15 is 0 Å². The number of rotatable bonds is 8. The molecule has 1 amide bonds. The highest BCUT2D eigenvalue weighted by Crippen LogP contribution is 2.21. The molecule has 2 aromatic heterocycles. The molecule has 0 radical (unpaired) electrons. The van der Waals surface area contributed by atoms with Gasteiger partial charge in [-0.2, -0.15) is 0 Å². The van der Waals surface area contributed by atoms with Crippen LogP contribution in [0.15, 0.2) is 64.1 Å². The number of thiophene rings is 1. The number of hydrogen-bond acceptors (Lipinski definition) is 5. The number of furan rings is 1. The Bertz CT molecular complexity index is 1130. The maximum absolute atomic E-state index is 13.2. The Balaban J connectivity index is 1.81. The van der Waals surface area contributed by atoms with E-state index in [1.165, 1.54) is 17.0 Å². The highest BCUT2D eigenvalue weighted by Gasteiger charge is 2.27. The highest BCUT2D eigenvalue weighted by molar-refractivity contribution is 7.89. The van der Waals surface area contributed by atoms with Crippen LogP contribution in [0.3, 0.4) is 0 Å². The van der Waals surface area contributed by atoms with Crippen LogP contribution in [0.5, 0.6) is 0 Å². The number of nitrogens with one attached hydrogen (secondary N) is 1. The topological polar surface area (TPSA) is 79.6 Å². The summed E-state index contributed by atoms with van der Waals surface area (Å²) >= 11 is 1.64. The maximum Gasteiger partial charge on any atom is 0.289 e. The van der Waals surface area contributed by atoms with Gasteiger partial charge in [0.05, 0.1) is 6.54 Å². The molecule has 8 heteroatoms. The molecule has 0 saturated carbocycles. The number of amides is 1. The van der Waals surface area contributed by atoms with E-state index in [2.05, 4.69) is 4.72 Å². The summed E-state index contributed by atoms with van der Waals surface area (Å²) < 4.78 is 33.1. The lowest BCUT2D eigenvalue weighted by molar-refractivity contribution is 0.0708. The zero-order valence-corrected chi connectivity index (χ0v) is 19.8. The van der Waals surface area contributed by atoms with Crippen molar-refractivity contribution in [3.05, 3.63) is 75.7 Å². The zero-order valence-electron chi connectivity index (χ0n) is 18.2. The normalized spacial score (nSPS) is 12.1. The van der Waals surface area contributed by atoms with Gasteiger partial charge in [0.1, 0.15) is 0 Å². The van der Waals surface area contributed by atoms with Crippen molar-refractivity contribution in [1.29, 1.82) is 0 Å². The van der Waals surface area contributed by atoms with Crippen molar-refractivity contribution in [1.82, 2.24) is 9.62 Å². The Labute approximate surface area is 187 Å². The summed E-state index contributed by atoms with van der Waals surface area (Å²) in [6.07, 6.45) is 0.689. The third-order valence-electron chi connectivity index (χ3n) is 4.44. The molecular formula is C23H28N2O4S2. The number of nitrogens with zero attached hydrogens (tertiary/aromatic N) is 1. The molecule has 2 heterocycles. The molecule has 0 bridgehead atoms. The van der Waals surface area contributed by atoms with Crippen LogP contribution in [0.25, 0.3) is 0 Å². The van der Waals surface area contributed by atoms with Gasteiger partial charge in [0.2, 0.25) is 5.09 Å². The summed E-state index contributed by atoms with van der Waals surface area (Å²) in [4.78, 5) is 17.2. The molecule has 6 nitrogen and oxygen atoms in total. The first kappa shape index (κ1) is 23.2. The minimum atomic E-state index is -3.85. The van der Waals surface area contributed by atoms with Gasteiger partial charge >= 0.3 is 0 Å². The molecule has 0 unspecified atom stereocenters. The quantitative estimate of drug-likeness (QED) is 0.532. The second-order valence-electron chi connectivity index (χ2n) is 8.45. The fourth-order valence-electron chi connectivity index (χ4n) is 3.11. The fraction of sp³-hybridized carbons (Fsp3) is 0.348. The van der Waals surface area contributed by atoms with Gasteiger partial charge in [-0.25, -0.2) is 13.1 Å². The second-order valence-corrected chi connectivity index (χ2v) is 11.4. The Morgan fingerprint density at radius 1 is 1.06 bits per heavy atom. The first-order valence-electron chi connectivity index (χ1n) is 10.1. The average Bonchev–Trinajstić information content (AvgIpc) is 3.33. The molecule has 0 atom stereocenters. The molecule has 0 aliphatic carbocycles. The van der Waals surface area contributed by atoms with Gasteiger partial charge < -0.3 is 9.32 Å². The van der Waals surface area contributed by atoms with Crippen LogP contribution >= 0.6 is 11.3 Å². The number of carbonyl (C=O) groups is 1. The largest absolute Gasteiger partial charge is 0.438 e. The van der Waals surface area contributed by atoms with E-state index < -0.39 is 15.6 Å². The summed E-state index contributed by atoms with van der Waals surface area (Å²) in [7, 11) is -3.85. The molecule has 1 aromatic carbocycles. The van der Waals surface area contributed by atoms with Crippen LogP contribution in [-0.4, -0.2) is 31.3 Å². The van der Waals surface area contributed by atoms with E-state index in [1.54, 1.807) is 37.0 Å². The fourth-order valence-corrected chi connectivity index (χ4v) is 5.37. The number of aryl methyl sites for hydroxylation is 1. The second kappa shape index (κ2) is 9.38. The smallest absolute Gasteiger partial charge is 0.289 e. The summed E-state index contributed by atoms with van der Waals surface area (Å²) in [5.74, 6) is -0.324. The van der Waals surface area contributed by atoms with Crippen molar-refractivity contribution in [3.8, 4) is 0 Å². The van der Waals surface area contributed by atoms with E-state index in [0.717, 1.165) is 10.4 Å². The van der Waals surface area contributed by atoms with Crippen molar-refractivity contribution in [2.24, 2.45) is 0 Å². The minimum absolute atomic E-state index is 0.00984. The number of sulfonamides is 1. The van der Waals surface area contributed by atoms with Gasteiger partial charge in [-0.15, -0.1) is 11.3 Å². The van der Waals surface area contributed by atoms with Crippen molar-refractivity contribution >= 4 is 27.3 Å². The maximum atomic E-state index is 13.2. The van der Waals surface area contributed by atoms with Gasteiger partial charge in [-0.3, -0.25) is 4.79 Å². The lowest BCUT2D eigenvalue weighted by Crippen LogP contribution is -2.40. The molecule has 31 heavy (non-hydrogen) atoms. The Kier molecular flexibility index (Phi) is 7.03. The summed E-state index contributed by atoms with van der Waals surface area (Å²) in [5.41, 5.74) is 0.467. The van der Waals surface area contributed by atoms with Gasteiger partial charge in [0, 0.05) is 21.8 Å². The number of benzene rings is 1. The Morgan fingerprint density at radius 2 is 1.77 bits per heavy atom. The lowest BCUT2D eigenvalue weighted by Gasteiger charge is -2.21. The lowest BCUT2D eigenvalue weighted by atomic mass is 10.1. The van der Waals surface area contributed by atoms with Gasteiger partial charge in [0.15, 0.2) is 5.76 Å².